The Hall–Kier alpha value is -1.62. The first-order valence-corrected chi connectivity index (χ1v) is 6.72. The lowest BCUT2D eigenvalue weighted by atomic mass is 10.1. The van der Waals surface area contributed by atoms with Gasteiger partial charge in [-0.15, -0.1) is 0 Å². The number of anilines is 1. The zero-order valence-electron chi connectivity index (χ0n) is 11.9. The van der Waals surface area contributed by atoms with Crippen LogP contribution in [0.1, 0.15) is 18.1 Å². The van der Waals surface area contributed by atoms with Gasteiger partial charge in [-0.2, -0.15) is 0 Å². The first-order valence-electron chi connectivity index (χ1n) is 6.72. The molecule has 2 heterocycles. The molecule has 0 aromatic carbocycles. The van der Waals surface area contributed by atoms with E-state index in [2.05, 4.69) is 28.2 Å². The molecule has 0 atom stereocenters. The van der Waals surface area contributed by atoms with Crippen LogP contribution < -0.4 is 10.2 Å². The van der Waals surface area contributed by atoms with E-state index in [0.29, 0.717) is 0 Å². The summed E-state index contributed by atoms with van der Waals surface area (Å²) in [4.78, 5) is 20.0. The van der Waals surface area contributed by atoms with Crippen LogP contribution in [0.15, 0.2) is 12.3 Å². The third kappa shape index (κ3) is 3.23. The van der Waals surface area contributed by atoms with Crippen LogP contribution in [-0.4, -0.2) is 49.0 Å². The molecule has 0 saturated carbocycles. The van der Waals surface area contributed by atoms with Crippen molar-refractivity contribution < 1.29 is 4.79 Å². The molecule has 0 spiro atoms. The Morgan fingerprint density at radius 1 is 1.37 bits per heavy atom. The Morgan fingerprint density at radius 3 is 2.58 bits per heavy atom. The highest BCUT2D eigenvalue weighted by atomic mass is 16.2. The first-order chi connectivity index (χ1) is 9.11. The minimum absolute atomic E-state index is 0.160. The van der Waals surface area contributed by atoms with Crippen LogP contribution in [0, 0.1) is 6.92 Å². The molecule has 2 rings (SSSR count). The van der Waals surface area contributed by atoms with Crippen molar-refractivity contribution in [3.8, 4) is 0 Å². The average molecular weight is 262 g/mol. The molecule has 1 fully saturated rings. The number of piperazine rings is 1. The fraction of sp³-hybridized carbons (Fsp3) is 0.571. The summed E-state index contributed by atoms with van der Waals surface area (Å²) < 4.78 is 0. The fourth-order valence-electron chi connectivity index (χ4n) is 2.37. The Balaban J connectivity index is 2.03. The van der Waals surface area contributed by atoms with Gasteiger partial charge in [0.1, 0.15) is 5.82 Å². The smallest absolute Gasteiger partial charge is 0.219 e. The van der Waals surface area contributed by atoms with Crippen LogP contribution in [0.4, 0.5) is 5.82 Å². The second-order valence-corrected chi connectivity index (χ2v) is 4.99. The average Bonchev–Trinajstić information content (AvgIpc) is 2.41. The van der Waals surface area contributed by atoms with Gasteiger partial charge in [-0.25, -0.2) is 4.98 Å². The Kier molecular flexibility index (Phi) is 4.37. The largest absolute Gasteiger partial charge is 0.353 e. The van der Waals surface area contributed by atoms with E-state index >= 15 is 0 Å². The molecular formula is C14H22N4O. The maximum Gasteiger partial charge on any atom is 0.219 e. The summed E-state index contributed by atoms with van der Waals surface area (Å²) in [5.74, 6) is 1.17. The second kappa shape index (κ2) is 6.02. The van der Waals surface area contributed by atoms with Crippen LogP contribution in [0.5, 0.6) is 0 Å². The number of hydrogen-bond donors (Lipinski definition) is 1. The second-order valence-electron chi connectivity index (χ2n) is 4.99. The molecule has 1 aromatic rings. The molecule has 1 amide bonds. The van der Waals surface area contributed by atoms with Gasteiger partial charge in [0.25, 0.3) is 0 Å². The molecule has 1 aliphatic heterocycles. The zero-order chi connectivity index (χ0) is 13.8. The maximum absolute atomic E-state index is 11.3. The highest BCUT2D eigenvalue weighted by molar-refractivity contribution is 5.73. The van der Waals surface area contributed by atoms with Crippen molar-refractivity contribution in [3.05, 3.63) is 23.4 Å². The van der Waals surface area contributed by atoms with Crippen molar-refractivity contribution >= 4 is 11.7 Å². The van der Waals surface area contributed by atoms with Crippen molar-refractivity contribution in [1.82, 2.24) is 15.2 Å². The minimum atomic E-state index is 0.160. The molecule has 19 heavy (non-hydrogen) atoms. The molecular weight excluding hydrogens is 240 g/mol. The minimum Gasteiger partial charge on any atom is -0.353 e. The SMILES string of the molecule is CNCc1cnc(N2CCN(C(C)=O)CC2)cc1C. The topological polar surface area (TPSA) is 48.5 Å². The van der Waals surface area contributed by atoms with E-state index in [-0.39, 0.29) is 5.91 Å². The molecule has 104 valence electrons. The van der Waals surface area contributed by atoms with E-state index in [9.17, 15) is 4.79 Å². The van der Waals surface area contributed by atoms with Crippen molar-refractivity contribution in [1.29, 1.82) is 0 Å². The zero-order valence-corrected chi connectivity index (χ0v) is 11.9. The van der Waals surface area contributed by atoms with Gasteiger partial charge in [-0.1, -0.05) is 0 Å². The number of amides is 1. The van der Waals surface area contributed by atoms with Gasteiger partial charge < -0.3 is 15.1 Å². The number of nitrogens with one attached hydrogen (secondary N) is 1. The summed E-state index contributed by atoms with van der Waals surface area (Å²) in [6, 6.07) is 2.14. The summed E-state index contributed by atoms with van der Waals surface area (Å²) >= 11 is 0. The molecule has 5 heteroatoms. The van der Waals surface area contributed by atoms with Crippen molar-refractivity contribution in [2.24, 2.45) is 0 Å². The van der Waals surface area contributed by atoms with E-state index in [4.69, 9.17) is 0 Å². The third-order valence-electron chi connectivity index (χ3n) is 3.62. The Bertz CT molecular complexity index is 453. The summed E-state index contributed by atoms with van der Waals surface area (Å²) in [6.07, 6.45) is 1.94. The molecule has 1 aromatic heterocycles. The van der Waals surface area contributed by atoms with E-state index in [1.807, 2.05) is 18.1 Å². The van der Waals surface area contributed by atoms with Crippen molar-refractivity contribution in [3.63, 3.8) is 0 Å². The Morgan fingerprint density at radius 2 is 2.05 bits per heavy atom. The van der Waals surface area contributed by atoms with Gasteiger partial charge in [0.05, 0.1) is 0 Å². The number of rotatable bonds is 3. The van der Waals surface area contributed by atoms with Crippen LogP contribution >= 0.6 is 0 Å². The number of nitrogens with zero attached hydrogens (tertiary/aromatic N) is 3. The van der Waals surface area contributed by atoms with Crippen molar-refractivity contribution in [2.75, 3.05) is 38.1 Å². The molecule has 5 nitrogen and oxygen atoms in total. The predicted molar refractivity (Wildman–Crippen MR) is 76.2 cm³/mol. The fourth-order valence-corrected chi connectivity index (χ4v) is 2.37. The van der Waals surface area contributed by atoms with Gasteiger partial charge in [-0.3, -0.25) is 4.79 Å². The van der Waals surface area contributed by atoms with E-state index in [1.165, 1.54) is 11.1 Å². The Labute approximate surface area is 114 Å². The summed E-state index contributed by atoms with van der Waals surface area (Å²) in [5, 5.41) is 3.14. The number of carbonyl (C=O) groups is 1. The molecule has 0 unspecified atom stereocenters. The molecule has 0 bridgehead atoms. The van der Waals surface area contributed by atoms with Gasteiger partial charge in [0, 0.05) is 45.8 Å². The lowest BCUT2D eigenvalue weighted by Crippen LogP contribution is -2.48. The molecule has 1 N–H and O–H groups in total. The standard InChI is InChI=1S/C14H22N4O/c1-11-8-14(16-10-13(11)9-15-3)18-6-4-17(5-7-18)12(2)19/h8,10,15H,4-7,9H2,1-3H3. The highest BCUT2D eigenvalue weighted by Crippen LogP contribution is 2.17. The molecule has 0 radical (unpaired) electrons. The van der Waals surface area contributed by atoms with Crippen molar-refractivity contribution in [2.45, 2.75) is 20.4 Å². The number of carbonyl (C=O) groups excluding carboxylic acids is 1. The number of aryl methyl sites for hydroxylation is 1. The monoisotopic (exact) mass is 262 g/mol. The summed E-state index contributed by atoms with van der Waals surface area (Å²) in [6.45, 7) is 7.88. The molecule has 0 aliphatic carbocycles. The summed E-state index contributed by atoms with van der Waals surface area (Å²) in [7, 11) is 1.94. The van der Waals surface area contributed by atoms with Gasteiger partial charge >= 0.3 is 0 Å². The van der Waals surface area contributed by atoms with Gasteiger partial charge in [-0.05, 0) is 31.2 Å². The van der Waals surface area contributed by atoms with Gasteiger partial charge in [0.2, 0.25) is 5.91 Å². The maximum atomic E-state index is 11.3. The highest BCUT2D eigenvalue weighted by Gasteiger charge is 2.19. The lowest BCUT2D eigenvalue weighted by Gasteiger charge is -2.35. The van der Waals surface area contributed by atoms with E-state index < -0.39 is 0 Å². The third-order valence-corrected chi connectivity index (χ3v) is 3.62. The molecule has 1 aliphatic rings. The normalized spacial score (nSPS) is 15.7. The number of pyridine rings is 1. The van der Waals surface area contributed by atoms with Gasteiger partial charge in [0.15, 0.2) is 0 Å². The quantitative estimate of drug-likeness (QED) is 0.874. The van der Waals surface area contributed by atoms with Crippen LogP contribution in [0.3, 0.4) is 0 Å². The van der Waals surface area contributed by atoms with E-state index in [1.54, 1.807) is 6.92 Å². The number of hydrogen-bond acceptors (Lipinski definition) is 4. The van der Waals surface area contributed by atoms with Crippen LogP contribution in [0.25, 0.3) is 0 Å². The number of aromatic nitrogens is 1. The lowest BCUT2D eigenvalue weighted by molar-refractivity contribution is -0.129. The first kappa shape index (κ1) is 13.8. The predicted octanol–water partition coefficient (Wildman–Crippen LogP) is 0.778. The molecule has 1 saturated heterocycles. The van der Waals surface area contributed by atoms with Crippen LogP contribution in [-0.2, 0) is 11.3 Å². The summed E-state index contributed by atoms with van der Waals surface area (Å²) in [5.41, 5.74) is 2.49. The van der Waals surface area contributed by atoms with E-state index in [0.717, 1.165) is 38.5 Å². The van der Waals surface area contributed by atoms with Crippen LogP contribution in [0.2, 0.25) is 0 Å².